The molecule has 2 N–H and O–H groups in total. The lowest BCUT2D eigenvalue weighted by Gasteiger charge is -2.03. The fraction of sp³-hybridized carbons (Fsp3) is 0.720. The number of hydrogen-bond donors (Lipinski definition) is 2. The predicted octanol–water partition coefficient (Wildman–Crippen LogP) is 7.57. The van der Waals surface area contributed by atoms with Crippen LogP contribution in [-0.2, 0) is 14.9 Å². The second-order valence-electron chi connectivity index (χ2n) is 8.33. The molecule has 6 heteroatoms. The quantitative estimate of drug-likeness (QED) is 0.186. The third kappa shape index (κ3) is 19.0. The largest absolute Gasteiger partial charge is 0.481 e. The molecule has 0 unspecified atom stereocenters. The number of carbonyl (C=O) groups is 1. The molecule has 1 rings (SSSR count). The van der Waals surface area contributed by atoms with Gasteiger partial charge in [0.25, 0.3) is 10.1 Å². The maximum atomic E-state index is 10.6. The van der Waals surface area contributed by atoms with Crippen LogP contribution in [0.25, 0.3) is 0 Å². The molecule has 0 aliphatic rings. The molecule has 1 aromatic carbocycles. The van der Waals surface area contributed by atoms with Crippen LogP contribution in [0.1, 0.15) is 115 Å². The van der Waals surface area contributed by atoms with E-state index >= 15 is 0 Å². The Balaban J connectivity index is 0.000000683. The van der Waals surface area contributed by atoms with Crippen LogP contribution in [-0.4, -0.2) is 24.0 Å². The molecule has 5 nitrogen and oxygen atoms in total. The zero-order valence-corrected chi connectivity index (χ0v) is 20.5. The standard InChI is InChI=1S/C18H36O2.C7H8O3S/c1-2-3-4-5-6-7-8-9-10-11-12-13-14-15-16-17-18(19)20;1-6-4-2-3-5-7(6)11(8,9)10/h2-17H2,1H3,(H,19,20);2-5H,1H3,(H,8,9,10). The number of benzene rings is 1. The van der Waals surface area contributed by atoms with Crippen molar-refractivity contribution in [2.24, 2.45) is 0 Å². The lowest BCUT2D eigenvalue weighted by atomic mass is 10.0. The topological polar surface area (TPSA) is 91.7 Å². The Hall–Kier alpha value is -1.40. The highest BCUT2D eigenvalue weighted by Gasteiger charge is 2.10. The number of rotatable bonds is 17. The van der Waals surface area contributed by atoms with Gasteiger partial charge in [-0.2, -0.15) is 8.42 Å². The molecular formula is C25H44O5S. The summed E-state index contributed by atoms with van der Waals surface area (Å²) in [7, 11) is -4.03. The summed E-state index contributed by atoms with van der Waals surface area (Å²) in [6, 6.07) is 6.27. The van der Waals surface area contributed by atoms with Crippen molar-refractivity contribution < 1.29 is 22.9 Å². The van der Waals surface area contributed by atoms with Gasteiger partial charge in [-0.3, -0.25) is 9.35 Å². The van der Waals surface area contributed by atoms with E-state index in [0.717, 1.165) is 12.8 Å². The monoisotopic (exact) mass is 456 g/mol. The molecule has 0 saturated carbocycles. The summed E-state index contributed by atoms with van der Waals surface area (Å²) < 4.78 is 29.9. The number of aryl methyl sites for hydroxylation is 1. The summed E-state index contributed by atoms with van der Waals surface area (Å²) in [5.41, 5.74) is 0.551. The molecule has 0 amide bonds. The maximum absolute atomic E-state index is 10.6. The van der Waals surface area contributed by atoms with Gasteiger partial charge in [-0.15, -0.1) is 0 Å². The fourth-order valence-electron chi connectivity index (χ4n) is 3.49. The highest BCUT2D eigenvalue weighted by molar-refractivity contribution is 7.85. The second-order valence-corrected chi connectivity index (χ2v) is 9.72. The molecule has 0 bridgehead atoms. The third-order valence-corrected chi connectivity index (χ3v) is 6.38. The Morgan fingerprint density at radius 3 is 1.45 bits per heavy atom. The molecule has 0 aliphatic heterocycles. The summed E-state index contributed by atoms with van der Waals surface area (Å²) in [5.74, 6) is -0.653. The van der Waals surface area contributed by atoms with Crippen molar-refractivity contribution in [2.45, 2.75) is 121 Å². The van der Waals surface area contributed by atoms with Crippen LogP contribution in [0.15, 0.2) is 29.2 Å². The molecule has 1 aromatic rings. The van der Waals surface area contributed by atoms with Crippen molar-refractivity contribution in [1.82, 2.24) is 0 Å². The first-order valence-corrected chi connectivity index (χ1v) is 13.5. The van der Waals surface area contributed by atoms with Gasteiger partial charge in [0.2, 0.25) is 0 Å². The first-order valence-electron chi connectivity index (χ1n) is 12.0. The predicted molar refractivity (Wildman–Crippen MR) is 128 cm³/mol. The van der Waals surface area contributed by atoms with Crippen molar-refractivity contribution in [3.8, 4) is 0 Å². The Kier molecular flexibility index (Phi) is 18.4. The number of carboxylic acids is 1. The minimum atomic E-state index is -4.03. The molecule has 31 heavy (non-hydrogen) atoms. The van der Waals surface area contributed by atoms with E-state index < -0.39 is 16.1 Å². The van der Waals surface area contributed by atoms with Crippen molar-refractivity contribution in [1.29, 1.82) is 0 Å². The van der Waals surface area contributed by atoms with E-state index in [1.807, 2.05) is 0 Å². The number of unbranched alkanes of at least 4 members (excludes halogenated alkanes) is 14. The summed E-state index contributed by atoms with van der Waals surface area (Å²) in [6.45, 7) is 3.90. The van der Waals surface area contributed by atoms with Crippen LogP contribution >= 0.6 is 0 Å². The SMILES string of the molecule is CCCCCCCCCCCCCCCCCC(=O)O.Cc1ccccc1S(=O)(=O)O. The molecule has 180 valence electrons. The van der Waals surface area contributed by atoms with Gasteiger partial charge >= 0.3 is 5.97 Å². The average molecular weight is 457 g/mol. The summed E-state index contributed by atoms with van der Waals surface area (Å²) in [5, 5.41) is 8.52. The third-order valence-electron chi connectivity index (χ3n) is 5.37. The van der Waals surface area contributed by atoms with Crippen LogP contribution in [0.2, 0.25) is 0 Å². The number of aliphatic carboxylic acids is 1. The van der Waals surface area contributed by atoms with Crippen molar-refractivity contribution in [3.63, 3.8) is 0 Å². The zero-order valence-electron chi connectivity index (χ0n) is 19.7. The lowest BCUT2D eigenvalue weighted by molar-refractivity contribution is -0.137. The Bertz CT molecular complexity index is 670. The molecule has 0 atom stereocenters. The smallest absolute Gasteiger partial charge is 0.303 e. The van der Waals surface area contributed by atoms with Gasteiger partial charge in [0.15, 0.2) is 0 Å². The molecular weight excluding hydrogens is 412 g/mol. The van der Waals surface area contributed by atoms with E-state index in [4.69, 9.17) is 9.66 Å². The van der Waals surface area contributed by atoms with Gasteiger partial charge in [-0.1, -0.05) is 115 Å². The first-order chi connectivity index (χ1) is 14.8. The minimum absolute atomic E-state index is 0.0278. The number of hydrogen-bond acceptors (Lipinski definition) is 3. The Morgan fingerprint density at radius 2 is 1.13 bits per heavy atom. The summed E-state index contributed by atoms with van der Waals surface area (Å²) >= 11 is 0. The highest BCUT2D eigenvalue weighted by atomic mass is 32.2. The van der Waals surface area contributed by atoms with Gasteiger partial charge in [-0.05, 0) is 25.0 Å². The highest BCUT2D eigenvalue weighted by Crippen LogP contribution is 2.14. The van der Waals surface area contributed by atoms with Crippen molar-refractivity contribution in [3.05, 3.63) is 29.8 Å². The summed E-state index contributed by atoms with van der Waals surface area (Å²) in [6.07, 6.45) is 20.2. The molecule has 0 radical (unpaired) electrons. The fourth-order valence-corrected chi connectivity index (χ4v) is 4.22. The van der Waals surface area contributed by atoms with E-state index in [9.17, 15) is 13.2 Å². The van der Waals surface area contributed by atoms with Crippen molar-refractivity contribution in [2.75, 3.05) is 0 Å². The van der Waals surface area contributed by atoms with E-state index in [1.165, 1.54) is 89.5 Å². The van der Waals surface area contributed by atoms with Crippen LogP contribution in [0.4, 0.5) is 0 Å². The molecule has 0 heterocycles. The van der Waals surface area contributed by atoms with Gasteiger partial charge in [0, 0.05) is 6.42 Å². The maximum Gasteiger partial charge on any atom is 0.303 e. The van der Waals surface area contributed by atoms with E-state index in [2.05, 4.69) is 6.92 Å². The summed E-state index contributed by atoms with van der Waals surface area (Å²) in [4.78, 5) is 10.3. The van der Waals surface area contributed by atoms with Gasteiger partial charge in [-0.25, -0.2) is 0 Å². The van der Waals surface area contributed by atoms with E-state index in [1.54, 1.807) is 25.1 Å². The molecule has 0 aromatic heterocycles. The van der Waals surface area contributed by atoms with Crippen LogP contribution in [0.3, 0.4) is 0 Å². The van der Waals surface area contributed by atoms with Crippen molar-refractivity contribution >= 4 is 16.1 Å². The molecule has 0 fully saturated rings. The lowest BCUT2D eigenvalue weighted by Crippen LogP contribution is -1.99. The van der Waals surface area contributed by atoms with Crippen LogP contribution < -0.4 is 0 Å². The van der Waals surface area contributed by atoms with Crippen LogP contribution in [0.5, 0.6) is 0 Å². The van der Waals surface area contributed by atoms with Gasteiger partial charge < -0.3 is 5.11 Å². The van der Waals surface area contributed by atoms with E-state index in [0.29, 0.717) is 12.0 Å². The Labute approximate surface area is 190 Å². The molecule has 0 aliphatic carbocycles. The average Bonchev–Trinajstić information content (AvgIpc) is 2.70. The van der Waals surface area contributed by atoms with Gasteiger partial charge in [0.1, 0.15) is 0 Å². The van der Waals surface area contributed by atoms with Gasteiger partial charge in [0.05, 0.1) is 4.90 Å². The Morgan fingerprint density at radius 1 is 0.742 bits per heavy atom. The zero-order chi connectivity index (χ0) is 23.4. The first kappa shape index (κ1) is 29.6. The number of carboxylic acid groups (broad SMARTS) is 1. The normalized spacial score (nSPS) is 11.1. The second kappa shape index (κ2) is 19.3. The molecule has 0 saturated heterocycles. The molecule has 0 spiro atoms. The van der Waals surface area contributed by atoms with E-state index in [-0.39, 0.29) is 4.90 Å². The minimum Gasteiger partial charge on any atom is -0.481 e. The van der Waals surface area contributed by atoms with Crippen LogP contribution in [0, 0.1) is 6.92 Å².